The molecule has 1 saturated carbocycles. The second-order valence-electron chi connectivity index (χ2n) is 8.99. The van der Waals surface area contributed by atoms with Gasteiger partial charge in [0.1, 0.15) is 17.5 Å². The molecule has 1 aromatic carbocycles. The summed E-state index contributed by atoms with van der Waals surface area (Å²) in [6.45, 7) is 3.50. The van der Waals surface area contributed by atoms with E-state index < -0.39 is 0 Å². The van der Waals surface area contributed by atoms with Crippen molar-refractivity contribution < 1.29 is 9.13 Å². The van der Waals surface area contributed by atoms with Crippen molar-refractivity contribution in [2.45, 2.75) is 32.2 Å². The van der Waals surface area contributed by atoms with Crippen molar-refractivity contribution in [2.24, 2.45) is 11.1 Å². The van der Waals surface area contributed by atoms with Gasteiger partial charge in [-0.1, -0.05) is 0 Å². The molecule has 1 aliphatic heterocycles. The van der Waals surface area contributed by atoms with Gasteiger partial charge in [0.15, 0.2) is 5.75 Å². The van der Waals surface area contributed by atoms with Crippen LogP contribution in [-0.2, 0) is 6.42 Å². The molecule has 6 rings (SSSR count). The lowest BCUT2D eigenvalue weighted by atomic mass is 9.60. The number of rotatable bonds is 4. The first-order valence-electron chi connectivity index (χ1n) is 10.8. The van der Waals surface area contributed by atoms with Crippen LogP contribution in [0.15, 0.2) is 24.5 Å². The molecule has 2 aliphatic carbocycles. The summed E-state index contributed by atoms with van der Waals surface area (Å²) in [6, 6.07) is 3.57. The van der Waals surface area contributed by atoms with Crippen LogP contribution in [0.25, 0.3) is 11.1 Å². The first kappa shape index (κ1) is 19.4. The molecular weight excluding hydrogens is 409 g/mol. The molecule has 0 bridgehead atoms. The van der Waals surface area contributed by atoms with Crippen LogP contribution < -0.4 is 20.7 Å². The van der Waals surface area contributed by atoms with Crippen molar-refractivity contribution in [3.05, 3.63) is 47.4 Å². The Morgan fingerprint density at radius 2 is 2.00 bits per heavy atom. The Morgan fingerprint density at radius 1 is 1.22 bits per heavy atom. The number of hydrogen-bond acceptors (Lipinski definition) is 8. The van der Waals surface area contributed by atoms with Crippen molar-refractivity contribution in [3.8, 4) is 22.9 Å². The fraction of sp³-hybridized carbons (Fsp3) is 0.391. The number of halogens is 1. The molecule has 2 fully saturated rings. The van der Waals surface area contributed by atoms with E-state index in [0.717, 1.165) is 59.8 Å². The predicted molar refractivity (Wildman–Crippen MR) is 118 cm³/mol. The third-order valence-corrected chi connectivity index (χ3v) is 7.06. The molecule has 3 aromatic rings. The Balaban J connectivity index is 1.43. The summed E-state index contributed by atoms with van der Waals surface area (Å²) in [5.41, 5.74) is 10.8. The molecule has 2 aromatic heterocycles. The van der Waals surface area contributed by atoms with Gasteiger partial charge in [-0.3, -0.25) is 0 Å². The zero-order chi connectivity index (χ0) is 22.0. The van der Waals surface area contributed by atoms with Gasteiger partial charge < -0.3 is 20.7 Å². The Kier molecular flexibility index (Phi) is 4.13. The van der Waals surface area contributed by atoms with E-state index in [-0.39, 0.29) is 23.3 Å². The van der Waals surface area contributed by atoms with Crippen LogP contribution in [0, 0.1) is 18.2 Å². The first-order valence-corrected chi connectivity index (χ1v) is 10.8. The van der Waals surface area contributed by atoms with Crippen LogP contribution in [0.4, 0.5) is 15.9 Å². The molecule has 3 aliphatic rings. The van der Waals surface area contributed by atoms with E-state index in [1.54, 1.807) is 25.5 Å². The first-order chi connectivity index (χ1) is 15.5. The molecule has 9 heteroatoms. The van der Waals surface area contributed by atoms with Gasteiger partial charge in [-0.25, -0.2) is 14.4 Å². The number of aromatic nitrogens is 4. The lowest BCUT2D eigenvalue weighted by Gasteiger charge is -2.60. The minimum Gasteiger partial charge on any atom is -0.421 e. The van der Waals surface area contributed by atoms with Gasteiger partial charge in [-0.2, -0.15) is 9.97 Å². The third-order valence-electron chi connectivity index (χ3n) is 7.06. The number of nitrogens with two attached hydrogens (primary N) is 1. The van der Waals surface area contributed by atoms with E-state index in [0.29, 0.717) is 18.0 Å². The summed E-state index contributed by atoms with van der Waals surface area (Å²) in [7, 11) is 1.80. The molecule has 3 N–H and O–H groups in total. The molecule has 32 heavy (non-hydrogen) atoms. The summed E-state index contributed by atoms with van der Waals surface area (Å²) in [6.07, 6.45) is 5.99. The Hall–Kier alpha value is -3.33. The number of benzene rings is 1. The SMILES string of the molecule is CNc1cc(F)cc2c1Cc1nc(Oc3cnc(C)nc3)nc(N3CC4(CCC4N)C3)c1-2. The van der Waals surface area contributed by atoms with Crippen molar-refractivity contribution >= 4 is 11.5 Å². The number of hydrogen-bond donors (Lipinski definition) is 2. The van der Waals surface area contributed by atoms with Crippen LogP contribution in [0.2, 0.25) is 0 Å². The molecule has 8 nitrogen and oxygen atoms in total. The standard InChI is InChI=1S/C23H24FN7O/c1-12-27-8-14(9-28-12)32-22-29-18-7-15-16(5-13(24)6-17(15)26-2)20(18)21(30-22)31-10-23(11-31)4-3-19(23)25/h5-6,8-9,19,26H,3-4,7,10-11,25H2,1-2H3. The van der Waals surface area contributed by atoms with Gasteiger partial charge in [0.25, 0.3) is 0 Å². The highest BCUT2D eigenvalue weighted by Crippen LogP contribution is 2.52. The van der Waals surface area contributed by atoms with E-state index in [9.17, 15) is 4.39 Å². The van der Waals surface area contributed by atoms with Gasteiger partial charge in [0.2, 0.25) is 0 Å². The molecule has 1 spiro atoms. The van der Waals surface area contributed by atoms with Gasteiger partial charge >= 0.3 is 6.01 Å². The lowest BCUT2D eigenvalue weighted by Crippen LogP contribution is -2.69. The Labute approximate surface area is 185 Å². The van der Waals surface area contributed by atoms with Gasteiger partial charge in [-0.15, -0.1) is 0 Å². The molecule has 164 valence electrons. The van der Waals surface area contributed by atoms with E-state index in [1.165, 1.54) is 6.07 Å². The zero-order valence-corrected chi connectivity index (χ0v) is 18.0. The topological polar surface area (TPSA) is 102 Å². The maximum atomic E-state index is 14.4. The minimum absolute atomic E-state index is 0.170. The quantitative estimate of drug-likeness (QED) is 0.506. The average Bonchev–Trinajstić information content (AvgIpc) is 3.11. The van der Waals surface area contributed by atoms with Crippen molar-refractivity contribution in [1.29, 1.82) is 0 Å². The average molecular weight is 433 g/mol. The number of nitrogens with zero attached hydrogens (tertiary/aromatic N) is 5. The number of fused-ring (bicyclic) bond motifs is 3. The van der Waals surface area contributed by atoms with Gasteiger partial charge in [0, 0.05) is 49.3 Å². The number of aryl methyl sites for hydroxylation is 1. The highest BCUT2D eigenvalue weighted by atomic mass is 19.1. The summed E-state index contributed by atoms with van der Waals surface area (Å²) in [5.74, 6) is 1.62. The van der Waals surface area contributed by atoms with Crippen LogP contribution in [0.1, 0.15) is 29.9 Å². The molecule has 1 atom stereocenters. The highest BCUT2D eigenvalue weighted by Gasteiger charge is 2.54. The van der Waals surface area contributed by atoms with Crippen LogP contribution in [0.5, 0.6) is 11.8 Å². The fourth-order valence-electron chi connectivity index (χ4n) is 5.11. The zero-order valence-electron chi connectivity index (χ0n) is 18.0. The van der Waals surface area contributed by atoms with Gasteiger partial charge in [-0.05, 0) is 43.0 Å². The fourth-order valence-corrected chi connectivity index (χ4v) is 5.11. The summed E-state index contributed by atoms with van der Waals surface area (Å²) >= 11 is 0. The third kappa shape index (κ3) is 2.84. The van der Waals surface area contributed by atoms with E-state index in [1.807, 2.05) is 6.92 Å². The Bertz CT molecular complexity index is 1220. The van der Waals surface area contributed by atoms with Crippen LogP contribution in [-0.4, -0.2) is 46.1 Å². The van der Waals surface area contributed by atoms with E-state index in [4.69, 9.17) is 15.5 Å². The summed E-state index contributed by atoms with van der Waals surface area (Å²) in [5, 5.41) is 3.11. The predicted octanol–water partition coefficient (Wildman–Crippen LogP) is 3.05. The van der Waals surface area contributed by atoms with Crippen molar-refractivity contribution in [2.75, 3.05) is 30.4 Å². The maximum absolute atomic E-state index is 14.4. The second-order valence-corrected chi connectivity index (χ2v) is 8.99. The minimum atomic E-state index is -0.287. The van der Waals surface area contributed by atoms with Crippen molar-refractivity contribution in [3.63, 3.8) is 0 Å². The molecule has 1 saturated heterocycles. The number of nitrogens with one attached hydrogen (secondary N) is 1. The normalized spacial score (nSPS) is 19.8. The largest absolute Gasteiger partial charge is 0.421 e. The van der Waals surface area contributed by atoms with Gasteiger partial charge in [0.05, 0.1) is 18.1 Å². The summed E-state index contributed by atoms with van der Waals surface area (Å²) in [4.78, 5) is 20.0. The van der Waals surface area contributed by atoms with Crippen LogP contribution in [0.3, 0.4) is 0 Å². The highest BCUT2D eigenvalue weighted by molar-refractivity contribution is 5.88. The molecule has 1 unspecified atom stereocenters. The smallest absolute Gasteiger partial charge is 0.324 e. The van der Waals surface area contributed by atoms with Crippen molar-refractivity contribution in [1.82, 2.24) is 19.9 Å². The second kappa shape index (κ2) is 6.83. The molecule has 0 radical (unpaired) electrons. The lowest BCUT2D eigenvalue weighted by molar-refractivity contribution is 0.0558. The number of ether oxygens (including phenoxy) is 1. The van der Waals surface area contributed by atoms with E-state index >= 15 is 0 Å². The van der Waals surface area contributed by atoms with Crippen LogP contribution >= 0.6 is 0 Å². The molecular formula is C23H24FN7O. The Morgan fingerprint density at radius 3 is 2.66 bits per heavy atom. The molecule has 0 amide bonds. The monoisotopic (exact) mass is 433 g/mol. The summed E-state index contributed by atoms with van der Waals surface area (Å²) < 4.78 is 20.3. The molecule has 3 heterocycles. The maximum Gasteiger partial charge on any atom is 0.324 e. The van der Waals surface area contributed by atoms with E-state index in [2.05, 4.69) is 25.2 Å². The number of anilines is 2.